The van der Waals surface area contributed by atoms with Crippen LogP contribution in [0.1, 0.15) is 43.7 Å². The number of nitrogens with one attached hydrogen (secondary N) is 1. The van der Waals surface area contributed by atoms with Gasteiger partial charge in [-0.1, -0.05) is 11.6 Å². The molecule has 2 rings (SSSR count). The minimum atomic E-state index is 0.381. The van der Waals surface area contributed by atoms with Crippen molar-refractivity contribution < 1.29 is 4.74 Å². The van der Waals surface area contributed by atoms with Crippen LogP contribution in [-0.2, 0) is 4.74 Å². The standard InChI is InChI=1S/C15H21ClINO/c1-18-15(6-2-4-12-5-3-9-19-12)13-10-11(16)7-8-14(13)17/h7-8,10,12,15,18H,2-6,9H2,1H3. The summed E-state index contributed by atoms with van der Waals surface area (Å²) in [6.07, 6.45) is 6.46. The van der Waals surface area contributed by atoms with Crippen LogP contribution in [0.5, 0.6) is 0 Å². The molecule has 0 saturated carbocycles. The van der Waals surface area contributed by atoms with Crippen LogP contribution in [0.4, 0.5) is 0 Å². The van der Waals surface area contributed by atoms with E-state index in [9.17, 15) is 0 Å². The van der Waals surface area contributed by atoms with Gasteiger partial charge in [0.1, 0.15) is 0 Å². The highest BCUT2D eigenvalue weighted by molar-refractivity contribution is 14.1. The largest absolute Gasteiger partial charge is 0.378 e. The highest BCUT2D eigenvalue weighted by Gasteiger charge is 2.17. The highest BCUT2D eigenvalue weighted by Crippen LogP contribution is 2.28. The Morgan fingerprint density at radius 2 is 2.37 bits per heavy atom. The predicted molar refractivity (Wildman–Crippen MR) is 88.8 cm³/mol. The minimum absolute atomic E-state index is 0.381. The lowest BCUT2D eigenvalue weighted by atomic mass is 9.99. The third kappa shape index (κ3) is 4.59. The maximum atomic E-state index is 6.10. The van der Waals surface area contributed by atoms with Gasteiger partial charge in [0.05, 0.1) is 6.10 Å². The van der Waals surface area contributed by atoms with Crippen LogP contribution in [0, 0.1) is 3.57 Å². The Hall–Kier alpha value is 0.160. The monoisotopic (exact) mass is 393 g/mol. The maximum absolute atomic E-state index is 6.10. The number of benzene rings is 1. The second kappa shape index (κ2) is 7.81. The first-order valence-corrected chi connectivity index (χ1v) is 8.40. The molecule has 1 aromatic rings. The van der Waals surface area contributed by atoms with Crippen molar-refractivity contribution in [2.45, 2.75) is 44.2 Å². The molecule has 0 aromatic heterocycles. The van der Waals surface area contributed by atoms with Crippen molar-refractivity contribution in [1.82, 2.24) is 5.32 Å². The molecule has 0 bridgehead atoms. The van der Waals surface area contributed by atoms with Crippen molar-refractivity contribution in [3.63, 3.8) is 0 Å². The summed E-state index contributed by atoms with van der Waals surface area (Å²) < 4.78 is 6.95. The molecule has 2 nitrogen and oxygen atoms in total. The molecule has 0 radical (unpaired) electrons. The van der Waals surface area contributed by atoms with Gasteiger partial charge in [-0.3, -0.25) is 0 Å². The summed E-state index contributed by atoms with van der Waals surface area (Å²) in [4.78, 5) is 0. The molecule has 0 amide bonds. The molecule has 0 aliphatic carbocycles. The SMILES string of the molecule is CNC(CCCC1CCCO1)c1cc(Cl)ccc1I. The average Bonchev–Trinajstić information content (AvgIpc) is 2.91. The van der Waals surface area contributed by atoms with Crippen LogP contribution in [0.3, 0.4) is 0 Å². The maximum Gasteiger partial charge on any atom is 0.0576 e. The molecule has 1 fully saturated rings. The van der Waals surface area contributed by atoms with Crippen molar-refractivity contribution >= 4 is 34.2 Å². The fourth-order valence-corrected chi connectivity index (χ4v) is 3.55. The van der Waals surface area contributed by atoms with Crippen molar-refractivity contribution in [2.24, 2.45) is 0 Å². The molecule has 1 aliphatic rings. The van der Waals surface area contributed by atoms with Gasteiger partial charge in [-0.25, -0.2) is 0 Å². The second-order valence-electron chi connectivity index (χ2n) is 5.07. The van der Waals surface area contributed by atoms with Gasteiger partial charge in [-0.05, 0) is 85.5 Å². The van der Waals surface area contributed by atoms with E-state index in [4.69, 9.17) is 16.3 Å². The predicted octanol–water partition coefficient (Wildman–Crippen LogP) is 4.55. The summed E-state index contributed by atoms with van der Waals surface area (Å²) >= 11 is 8.49. The van der Waals surface area contributed by atoms with Crippen molar-refractivity contribution in [3.8, 4) is 0 Å². The van der Waals surface area contributed by atoms with E-state index in [0.29, 0.717) is 12.1 Å². The summed E-state index contributed by atoms with van der Waals surface area (Å²) in [5, 5.41) is 4.22. The third-order valence-electron chi connectivity index (χ3n) is 3.72. The van der Waals surface area contributed by atoms with Crippen LogP contribution in [0.25, 0.3) is 0 Å². The average molecular weight is 394 g/mol. The third-order valence-corrected chi connectivity index (χ3v) is 4.94. The summed E-state index contributed by atoms with van der Waals surface area (Å²) in [6, 6.07) is 6.50. The van der Waals surface area contributed by atoms with Crippen molar-refractivity contribution in [2.75, 3.05) is 13.7 Å². The van der Waals surface area contributed by atoms with E-state index in [1.54, 1.807) is 0 Å². The fourth-order valence-electron chi connectivity index (χ4n) is 2.66. The first kappa shape index (κ1) is 15.5. The first-order chi connectivity index (χ1) is 9.20. The molecule has 2 unspecified atom stereocenters. The second-order valence-corrected chi connectivity index (χ2v) is 6.67. The van der Waals surface area contributed by atoms with E-state index in [-0.39, 0.29) is 0 Å². The first-order valence-electron chi connectivity index (χ1n) is 6.94. The van der Waals surface area contributed by atoms with E-state index in [2.05, 4.69) is 40.0 Å². The highest BCUT2D eigenvalue weighted by atomic mass is 127. The van der Waals surface area contributed by atoms with Crippen LogP contribution in [0.15, 0.2) is 18.2 Å². The van der Waals surface area contributed by atoms with Crippen molar-refractivity contribution in [3.05, 3.63) is 32.4 Å². The number of hydrogen-bond acceptors (Lipinski definition) is 2. The molecule has 2 atom stereocenters. The van der Waals surface area contributed by atoms with Gasteiger partial charge in [0.25, 0.3) is 0 Å². The Morgan fingerprint density at radius 3 is 3.05 bits per heavy atom. The fraction of sp³-hybridized carbons (Fsp3) is 0.600. The lowest BCUT2D eigenvalue weighted by Gasteiger charge is -2.19. The molecule has 19 heavy (non-hydrogen) atoms. The van der Waals surface area contributed by atoms with E-state index >= 15 is 0 Å². The molecule has 1 aliphatic heterocycles. The van der Waals surface area contributed by atoms with E-state index in [1.807, 2.05) is 13.1 Å². The molecule has 0 spiro atoms. The van der Waals surface area contributed by atoms with Crippen molar-refractivity contribution in [1.29, 1.82) is 0 Å². The topological polar surface area (TPSA) is 21.3 Å². The lowest BCUT2D eigenvalue weighted by Crippen LogP contribution is -2.18. The Balaban J connectivity index is 1.89. The van der Waals surface area contributed by atoms with E-state index < -0.39 is 0 Å². The van der Waals surface area contributed by atoms with E-state index in [1.165, 1.54) is 34.8 Å². The smallest absolute Gasteiger partial charge is 0.0576 e. The van der Waals surface area contributed by atoms with E-state index in [0.717, 1.165) is 18.1 Å². The van der Waals surface area contributed by atoms with Crippen LogP contribution in [-0.4, -0.2) is 19.8 Å². The summed E-state index contributed by atoms with van der Waals surface area (Å²) in [5.41, 5.74) is 1.31. The van der Waals surface area contributed by atoms with Crippen LogP contribution < -0.4 is 5.32 Å². The zero-order valence-electron chi connectivity index (χ0n) is 11.3. The molecule has 4 heteroatoms. The van der Waals surface area contributed by atoms with Crippen LogP contribution >= 0.6 is 34.2 Å². The minimum Gasteiger partial charge on any atom is -0.378 e. The van der Waals surface area contributed by atoms with Gasteiger partial charge in [-0.15, -0.1) is 0 Å². The van der Waals surface area contributed by atoms with Gasteiger partial charge in [0.2, 0.25) is 0 Å². The molecule has 1 aromatic carbocycles. The van der Waals surface area contributed by atoms with Gasteiger partial charge >= 0.3 is 0 Å². The molecular formula is C15H21ClINO. The molecular weight excluding hydrogens is 373 g/mol. The zero-order valence-corrected chi connectivity index (χ0v) is 14.2. The van der Waals surface area contributed by atoms with Gasteiger partial charge in [-0.2, -0.15) is 0 Å². The zero-order chi connectivity index (χ0) is 13.7. The van der Waals surface area contributed by atoms with Gasteiger partial charge < -0.3 is 10.1 Å². The number of halogens is 2. The molecule has 1 N–H and O–H groups in total. The number of hydrogen-bond donors (Lipinski definition) is 1. The summed E-state index contributed by atoms with van der Waals surface area (Å²) in [6.45, 7) is 0.951. The normalized spacial score (nSPS) is 20.7. The Labute approximate surface area is 134 Å². The van der Waals surface area contributed by atoms with Gasteiger partial charge in [0.15, 0.2) is 0 Å². The lowest BCUT2D eigenvalue weighted by molar-refractivity contribution is 0.101. The quantitative estimate of drug-likeness (QED) is 0.716. The Bertz CT molecular complexity index is 407. The summed E-state index contributed by atoms with van der Waals surface area (Å²) in [5.74, 6) is 0. The van der Waals surface area contributed by atoms with Crippen LogP contribution in [0.2, 0.25) is 5.02 Å². The molecule has 106 valence electrons. The molecule has 1 heterocycles. The number of rotatable bonds is 6. The summed E-state index contributed by atoms with van der Waals surface area (Å²) in [7, 11) is 2.02. The van der Waals surface area contributed by atoms with Gasteiger partial charge in [0, 0.05) is 21.2 Å². The Morgan fingerprint density at radius 1 is 1.53 bits per heavy atom. The molecule has 1 saturated heterocycles. The number of ether oxygens (including phenoxy) is 1. The Kier molecular flexibility index (Phi) is 6.39.